The number of hydrogen-bond donors (Lipinski definition) is 1. The maximum Gasteiger partial charge on any atom is 0.291 e. The Balaban J connectivity index is 1.44. The molecule has 31 heavy (non-hydrogen) atoms. The number of imide groups is 1. The molecule has 5 rings (SSSR count). The second-order valence-corrected chi connectivity index (χ2v) is 6.97. The molecule has 0 fully saturated rings. The molecule has 1 aliphatic rings. The molecular weight excluding hydrogens is 396 g/mol. The lowest BCUT2D eigenvalue weighted by atomic mass is 10.1. The summed E-state index contributed by atoms with van der Waals surface area (Å²) in [5, 5.41) is 3.03. The first-order valence-corrected chi connectivity index (χ1v) is 9.45. The Morgan fingerprint density at radius 3 is 2.19 bits per heavy atom. The smallest absolute Gasteiger partial charge is 0.291 e. The zero-order chi connectivity index (χ0) is 21.5. The normalized spacial score (nSPS) is 12.8. The van der Waals surface area contributed by atoms with Crippen LogP contribution < -0.4 is 15.6 Å². The molecule has 1 aromatic heterocycles. The first-order valence-electron chi connectivity index (χ1n) is 9.45. The largest absolute Gasteiger partial charge is 0.451 e. The number of amides is 3. The van der Waals surface area contributed by atoms with Crippen molar-refractivity contribution in [2.75, 3.05) is 10.2 Å². The van der Waals surface area contributed by atoms with Gasteiger partial charge in [0.25, 0.3) is 17.7 Å². The summed E-state index contributed by atoms with van der Waals surface area (Å²) in [6.07, 6.45) is 0. The summed E-state index contributed by atoms with van der Waals surface area (Å²) in [5.41, 5.74) is 1.31. The van der Waals surface area contributed by atoms with Crippen LogP contribution in [0.25, 0.3) is 11.0 Å². The average Bonchev–Trinajstić information content (AvgIpc) is 3.04. The predicted octanol–water partition coefficient (Wildman–Crippen LogP) is 3.85. The molecule has 150 valence electrons. The van der Waals surface area contributed by atoms with Crippen LogP contribution >= 0.6 is 0 Å². The van der Waals surface area contributed by atoms with Gasteiger partial charge in [-0.25, -0.2) is 4.90 Å². The number of benzene rings is 3. The van der Waals surface area contributed by atoms with E-state index in [9.17, 15) is 19.2 Å². The van der Waals surface area contributed by atoms with Gasteiger partial charge in [-0.3, -0.25) is 19.2 Å². The topological polar surface area (TPSA) is 96.7 Å². The lowest BCUT2D eigenvalue weighted by Gasteiger charge is -2.15. The van der Waals surface area contributed by atoms with E-state index in [4.69, 9.17) is 4.42 Å². The Labute approximate surface area is 175 Å². The van der Waals surface area contributed by atoms with Gasteiger partial charge in [-0.1, -0.05) is 30.3 Å². The van der Waals surface area contributed by atoms with Crippen molar-refractivity contribution in [3.05, 3.63) is 106 Å². The maximum atomic E-state index is 12.7. The minimum Gasteiger partial charge on any atom is -0.451 e. The zero-order valence-electron chi connectivity index (χ0n) is 16.0. The summed E-state index contributed by atoms with van der Waals surface area (Å²) in [4.78, 5) is 51.4. The lowest BCUT2D eigenvalue weighted by Crippen LogP contribution is -2.29. The van der Waals surface area contributed by atoms with Crippen molar-refractivity contribution in [1.82, 2.24) is 0 Å². The number of nitrogens with one attached hydrogen (secondary N) is 1. The van der Waals surface area contributed by atoms with E-state index in [2.05, 4.69) is 5.32 Å². The lowest BCUT2D eigenvalue weighted by molar-refractivity contribution is 0.0925. The molecule has 3 amide bonds. The van der Waals surface area contributed by atoms with Crippen LogP contribution in [0, 0.1) is 0 Å². The van der Waals surface area contributed by atoms with E-state index in [0.717, 1.165) is 11.0 Å². The first kappa shape index (κ1) is 18.5. The second-order valence-electron chi connectivity index (χ2n) is 6.97. The molecule has 1 N–H and O–H groups in total. The molecule has 0 radical (unpaired) electrons. The van der Waals surface area contributed by atoms with E-state index >= 15 is 0 Å². The monoisotopic (exact) mass is 410 g/mol. The van der Waals surface area contributed by atoms with Gasteiger partial charge in [0.05, 0.1) is 22.2 Å². The van der Waals surface area contributed by atoms with Crippen molar-refractivity contribution in [3.63, 3.8) is 0 Å². The van der Waals surface area contributed by atoms with E-state index in [1.54, 1.807) is 66.7 Å². The minimum atomic E-state index is -0.623. The highest BCUT2D eigenvalue weighted by atomic mass is 16.3. The minimum absolute atomic E-state index is 0.144. The van der Waals surface area contributed by atoms with Crippen molar-refractivity contribution in [2.45, 2.75) is 0 Å². The van der Waals surface area contributed by atoms with Crippen molar-refractivity contribution in [2.24, 2.45) is 0 Å². The summed E-state index contributed by atoms with van der Waals surface area (Å²) < 4.78 is 5.55. The summed E-state index contributed by atoms with van der Waals surface area (Å²) in [7, 11) is 0. The molecule has 3 aromatic carbocycles. The maximum absolute atomic E-state index is 12.7. The van der Waals surface area contributed by atoms with Crippen LogP contribution in [-0.2, 0) is 0 Å². The van der Waals surface area contributed by atoms with Crippen LogP contribution in [0.3, 0.4) is 0 Å². The molecule has 0 aliphatic carbocycles. The predicted molar refractivity (Wildman–Crippen MR) is 114 cm³/mol. The van der Waals surface area contributed by atoms with Gasteiger partial charge < -0.3 is 9.73 Å². The van der Waals surface area contributed by atoms with Gasteiger partial charge >= 0.3 is 0 Å². The fourth-order valence-electron chi connectivity index (χ4n) is 3.56. The van der Waals surface area contributed by atoms with Gasteiger partial charge in [0.15, 0.2) is 11.2 Å². The average molecular weight is 410 g/mol. The van der Waals surface area contributed by atoms with Crippen LogP contribution in [-0.4, -0.2) is 17.7 Å². The number of hydrogen-bond acceptors (Lipinski definition) is 5. The first-order chi connectivity index (χ1) is 15.0. The van der Waals surface area contributed by atoms with E-state index in [0.29, 0.717) is 33.5 Å². The standard InChI is InChI=1S/C24H14N2O5/c27-19-13-21(31-20-11-4-3-10-18(19)20)22(28)25-14-6-5-7-15(12-14)26-23(29)16-8-1-2-9-17(16)24(26)30/h1-13H,(H,25,28). The highest BCUT2D eigenvalue weighted by Gasteiger charge is 2.36. The molecule has 1 aliphatic heterocycles. The summed E-state index contributed by atoms with van der Waals surface area (Å²) in [6.45, 7) is 0. The Morgan fingerprint density at radius 2 is 1.45 bits per heavy atom. The second kappa shape index (κ2) is 7.07. The number of para-hydroxylation sites is 1. The van der Waals surface area contributed by atoms with Crippen molar-refractivity contribution in [1.29, 1.82) is 0 Å². The van der Waals surface area contributed by atoms with Crippen molar-refractivity contribution >= 4 is 40.1 Å². The number of nitrogens with zero attached hydrogens (tertiary/aromatic N) is 1. The highest BCUT2D eigenvalue weighted by molar-refractivity contribution is 6.34. The Kier molecular flexibility index (Phi) is 4.22. The van der Waals surface area contributed by atoms with Crippen LogP contribution in [0.1, 0.15) is 31.3 Å². The number of fused-ring (bicyclic) bond motifs is 2. The van der Waals surface area contributed by atoms with Crippen molar-refractivity contribution in [3.8, 4) is 0 Å². The fraction of sp³-hybridized carbons (Fsp3) is 0. The van der Waals surface area contributed by atoms with Crippen molar-refractivity contribution < 1.29 is 18.8 Å². The third kappa shape index (κ3) is 3.08. The zero-order valence-corrected chi connectivity index (χ0v) is 16.0. The molecule has 0 saturated heterocycles. The summed E-state index contributed by atoms with van der Waals surface area (Å²) in [5.74, 6) is -1.62. The third-order valence-corrected chi connectivity index (χ3v) is 5.01. The van der Waals surface area contributed by atoms with Crippen LogP contribution in [0.4, 0.5) is 11.4 Å². The Morgan fingerprint density at radius 1 is 0.774 bits per heavy atom. The van der Waals surface area contributed by atoms with Crippen LogP contribution in [0.15, 0.2) is 88.1 Å². The third-order valence-electron chi connectivity index (χ3n) is 5.01. The van der Waals surface area contributed by atoms with E-state index in [1.165, 1.54) is 6.07 Å². The molecule has 0 bridgehead atoms. The molecule has 0 spiro atoms. The molecule has 0 unspecified atom stereocenters. The number of rotatable bonds is 3. The fourth-order valence-corrected chi connectivity index (χ4v) is 3.56. The Bertz CT molecular complexity index is 1420. The Hall–Kier alpha value is -4.52. The van der Waals surface area contributed by atoms with Gasteiger partial charge in [0.1, 0.15) is 5.58 Å². The quantitative estimate of drug-likeness (QED) is 0.518. The van der Waals surface area contributed by atoms with Gasteiger partial charge in [-0.2, -0.15) is 0 Å². The van der Waals surface area contributed by atoms with Gasteiger partial charge in [0.2, 0.25) is 0 Å². The van der Waals surface area contributed by atoms with Gasteiger partial charge in [0, 0.05) is 11.8 Å². The van der Waals surface area contributed by atoms with Crippen LogP contribution in [0.5, 0.6) is 0 Å². The van der Waals surface area contributed by atoms with Gasteiger partial charge in [-0.05, 0) is 42.5 Å². The summed E-state index contributed by atoms with van der Waals surface area (Å²) >= 11 is 0. The molecule has 7 heteroatoms. The molecule has 0 saturated carbocycles. The number of carbonyl (C=O) groups is 3. The highest BCUT2D eigenvalue weighted by Crippen LogP contribution is 2.29. The molecule has 2 heterocycles. The van der Waals surface area contributed by atoms with Gasteiger partial charge in [-0.15, -0.1) is 0 Å². The van der Waals surface area contributed by atoms with E-state index in [-0.39, 0.29) is 11.2 Å². The molecule has 4 aromatic rings. The van der Waals surface area contributed by atoms with Crippen LogP contribution in [0.2, 0.25) is 0 Å². The molecule has 7 nitrogen and oxygen atoms in total. The summed E-state index contributed by atoms with van der Waals surface area (Å²) in [6, 6.07) is 20.7. The molecular formula is C24H14N2O5. The number of anilines is 2. The number of carbonyl (C=O) groups excluding carboxylic acids is 3. The molecule has 0 atom stereocenters. The van der Waals surface area contributed by atoms with E-state index in [1.807, 2.05) is 0 Å². The SMILES string of the molecule is O=C(Nc1cccc(N2C(=O)c3ccccc3C2=O)c1)c1cc(=O)c2ccccc2o1. The van der Waals surface area contributed by atoms with E-state index < -0.39 is 17.7 Å².